The van der Waals surface area contributed by atoms with Crippen LogP contribution in [0.2, 0.25) is 0 Å². The molecule has 3 heteroatoms. The molecule has 1 aliphatic heterocycles. The highest BCUT2D eigenvalue weighted by Gasteiger charge is 2.19. The molecule has 0 aromatic heterocycles. The molecule has 2 unspecified atom stereocenters. The van der Waals surface area contributed by atoms with Crippen molar-refractivity contribution in [2.75, 3.05) is 6.54 Å². The van der Waals surface area contributed by atoms with E-state index in [4.69, 9.17) is 0 Å². The Labute approximate surface area is 91.3 Å². The lowest BCUT2D eigenvalue weighted by Gasteiger charge is -2.20. The normalized spacial score (nSPS) is 30.4. The molecule has 2 N–H and O–H groups in total. The molecule has 0 radical (unpaired) electrons. The van der Waals surface area contributed by atoms with Crippen LogP contribution in [0.3, 0.4) is 0 Å². The minimum absolute atomic E-state index is 0.217. The first kappa shape index (κ1) is 10.7. The lowest BCUT2D eigenvalue weighted by Crippen LogP contribution is -2.38. The van der Waals surface area contributed by atoms with E-state index in [0.717, 1.165) is 32.2 Å². The van der Waals surface area contributed by atoms with Crippen LogP contribution in [0.1, 0.15) is 38.5 Å². The summed E-state index contributed by atoms with van der Waals surface area (Å²) in [5, 5.41) is 6.47. The van der Waals surface area contributed by atoms with Gasteiger partial charge in [-0.05, 0) is 38.6 Å². The molecule has 0 aromatic rings. The smallest absolute Gasteiger partial charge is 0.221 e. The van der Waals surface area contributed by atoms with Gasteiger partial charge in [-0.2, -0.15) is 0 Å². The van der Waals surface area contributed by atoms with Crippen molar-refractivity contribution in [1.29, 1.82) is 0 Å². The van der Waals surface area contributed by atoms with E-state index in [1.54, 1.807) is 0 Å². The molecule has 1 aliphatic carbocycles. The molecular weight excluding hydrogens is 188 g/mol. The van der Waals surface area contributed by atoms with Crippen molar-refractivity contribution >= 4 is 5.91 Å². The van der Waals surface area contributed by atoms with Gasteiger partial charge in [0.1, 0.15) is 0 Å². The quantitative estimate of drug-likeness (QED) is 0.687. The summed E-state index contributed by atoms with van der Waals surface area (Å²) in [6.07, 6.45) is 10.6. The lowest BCUT2D eigenvalue weighted by molar-refractivity contribution is -0.122. The van der Waals surface area contributed by atoms with E-state index in [-0.39, 0.29) is 5.91 Å². The van der Waals surface area contributed by atoms with Crippen molar-refractivity contribution in [2.45, 2.75) is 50.6 Å². The Morgan fingerprint density at radius 3 is 3.00 bits per heavy atom. The third-order valence-electron chi connectivity index (χ3n) is 3.23. The number of carbonyl (C=O) groups is 1. The van der Waals surface area contributed by atoms with Crippen LogP contribution in [-0.4, -0.2) is 24.5 Å². The van der Waals surface area contributed by atoms with E-state index in [1.807, 2.05) is 0 Å². The van der Waals surface area contributed by atoms with Crippen LogP contribution in [0.15, 0.2) is 12.2 Å². The minimum atomic E-state index is 0.217. The number of amides is 1. The van der Waals surface area contributed by atoms with Gasteiger partial charge in [-0.3, -0.25) is 4.79 Å². The summed E-state index contributed by atoms with van der Waals surface area (Å²) in [6.45, 7) is 1.07. The molecule has 3 nitrogen and oxygen atoms in total. The van der Waals surface area contributed by atoms with E-state index >= 15 is 0 Å². The predicted molar refractivity (Wildman–Crippen MR) is 60.6 cm³/mol. The molecule has 1 saturated heterocycles. The number of rotatable bonds is 3. The van der Waals surface area contributed by atoms with Gasteiger partial charge in [-0.1, -0.05) is 12.2 Å². The van der Waals surface area contributed by atoms with Crippen LogP contribution in [0, 0.1) is 0 Å². The first-order valence-corrected chi connectivity index (χ1v) is 6.02. The summed E-state index contributed by atoms with van der Waals surface area (Å²) < 4.78 is 0. The first-order valence-electron chi connectivity index (χ1n) is 6.02. The average Bonchev–Trinajstić information content (AvgIpc) is 2.71. The van der Waals surface area contributed by atoms with Gasteiger partial charge in [-0.25, -0.2) is 0 Å². The summed E-state index contributed by atoms with van der Waals surface area (Å²) in [5.41, 5.74) is 0. The number of hydrogen-bond acceptors (Lipinski definition) is 2. The molecule has 0 aromatic carbocycles. The van der Waals surface area contributed by atoms with Gasteiger partial charge in [0.25, 0.3) is 0 Å². The second-order valence-electron chi connectivity index (χ2n) is 4.55. The summed E-state index contributed by atoms with van der Waals surface area (Å²) in [7, 11) is 0. The molecular formula is C12H20N2O. The highest BCUT2D eigenvalue weighted by Crippen LogP contribution is 2.12. The monoisotopic (exact) mass is 208 g/mol. The molecule has 0 spiro atoms. The van der Waals surface area contributed by atoms with Crippen molar-refractivity contribution in [1.82, 2.24) is 10.6 Å². The van der Waals surface area contributed by atoms with E-state index in [0.29, 0.717) is 18.5 Å². The number of carbonyl (C=O) groups excluding carboxylic acids is 1. The molecule has 1 amide bonds. The summed E-state index contributed by atoms with van der Waals surface area (Å²) in [6, 6.07) is 0.799. The van der Waals surface area contributed by atoms with Gasteiger partial charge in [0, 0.05) is 18.5 Å². The van der Waals surface area contributed by atoms with E-state index < -0.39 is 0 Å². The van der Waals surface area contributed by atoms with E-state index in [2.05, 4.69) is 22.8 Å². The highest BCUT2D eigenvalue weighted by molar-refractivity contribution is 5.77. The number of hydrogen-bond donors (Lipinski definition) is 2. The lowest BCUT2D eigenvalue weighted by atomic mass is 10.0. The maximum absolute atomic E-state index is 11.7. The van der Waals surface area contributed by atoms with E-state index in [9.17, 15) is 4.79 Å². The Bertz CT molecular complexity index is 244. The highest BCUT2D eigenvalue weighted by atomic mass is 16.1. The van der Waals surface area contributed by atoms with Crippen LogP contribution in [0.5, 0.6) is 0 Å². The van der Waals surface area contributed by atoms with Crippen LogP contribution in [0.25, 0.3) is 0 Å². The maximum atomic E-state index is 11.7. The van der Waals surface area contributed by atoms with Crippen molar-refractivity contribution in [3.63, 3.8) is 0 Å². The third-order valence-corrected chi connectivity index (χ3v) is 3.23. The fourth-order valence-corrected chi connectivity index (χ4v) is 2.37. The zero-order valence-electron chi connectivity index (χ0n) is 9.17. The first-order chi connectivity index (χ1) is 7.34. The van der Waals surface area contributed by atoms with Gasteiger partial charge < -0.3 is 10.6 Å². The van der Waals surface area contributed by atoms with Gasteiger partial charge >= 0.3 is 0 Å². The Balaban J connectivity index is 1.69. The molecule has 0 bridgehead atoms. The molecule has 84 valence electrons. The second kappa shape index (κ2) is 5.31. The molecule has 2 atom stereocenters. The minimum Gasteiger partial charge on any atom is -0.353 e. The van der Waals surface area contributed by atoms with Crippen LogP contribution in [0.4, 0.5) is 0 Å². The van der Waals surface area contributed by atoms with Crippen LogP contribution < -0.4 is 10.6 Å². The third kappa shape index (κ3) is 3.34. The molecule has 0 saturated carbocycles. The fourth-order valence-electron chi connectivity index (χ4n) is 2.37. The standard InChI is InChI=1S/C12H20N2O/c15-12(9-11-7-4-8-13-11)14-10-5-2-1-3-6-10/h1-2,10-11,13H,3-9H2,(H,14,15). The maximum Gasteiger partial charge on any atom is 0.221 e. The SMILES string of the molecule is O=C(CC1CCCN1)NC1CC=CCC1. The number of allylic oxidation sites excluding steroid dienone is 1. The molecule has 1 heterocycles. The van der Waals surface area contributed by atoms with Crippen LogP contribution >= 0.6 is 0 Å². The van der Waals surface area contributed by atoms with Gasteiger partial charge in [0.05, 0.1) is 0 Å². The largest absolute Gasteiger partial charge is 0.353 e. The Hall–Kier alpha value is -0.830. The van der Waals surface area contributed by atoms with Gasteiger partial charge in [0.15, 0.2) is 0 Å². The fraction of sp³-hybridized carbons (Fsp3) is 0.750. The van der Waals surface area contributed by atoms with Gasteiger partial charge in [0.2, 0.25) is 5.91 Å². The van der Waals surface area contributed by atoms with Crippen LogP contribution in [-0.2, 0) is 4.79 Å². The zero-order chi connectivity index (χ0) is 10.5. The molecule has 1 fully saturated rings. The van der Waals surface area contributed by atoms with E-state index in [1.165, 1.54) is 6.42 Å². The van der Waals surface area contributed by atoms with Crippen molar-refractivity contribution in [3.8, 4) is 0 Å². The second-order valence-corrected chi connectivity index (χ2v) is 4.55. The van der Waals surface area contributed by atoms with Gasteiger partial charge in [-0.15, -0.1) is 0 Å². The summed E-state index contributed by atoms with van der Waals surface area (Å²) >= 11 is 0. The zero-order valence-corrected chi connectivity index (χ0v) is 9.17. The molecule has 15 heavy (non-hydrogen) atoms. The topological polar surface area (TPSA) is 41.1 Å². The summed E-state index contributed by atoms with van der Waals surface area (Å²) in [5.74, 6) is 0.217. The molecule has 2 rings (SSSR count). The Morgan fingerprint density at radius 1 is 1.40 bits per heavy atom. The number of nitrogens with one attached hydrogen (secondary N) is 2. The molecule has 2 aliphatic rings. The predicted octanol–water partition coefficient (Wildman–Crippen LogP) is 1.35. The Morgan fingerprint density at radius 2 is 2.33 bits per heavy atom. The van der Waals surface area contributed by atoms with Crippen molar-refractivity contribution in [3.05, 3.63) is 12.2 Å². The van der Waals surface area contributed by atoms with Crippen molar-refractivity contribution in [2.24, 2.45) is 0 Å². The summed E-state index contributed by atoms with van der Waals surface area (Å²) in [4.78, 5) is 11.7. The Kier molecular flexibility index (Phi) is 3.78. The average molecular weight is 208 g/mol. The van der Waals surface area contributed by atoms with Crippen molar-refractivity contribution < 1.29 is 4.79 Å².